The molecule has 0 amide bonds. The topological polar surface area (TPSA) is 38.7 Å². The Balaban J connectivity index is 2.48. The van der Waals surface area contributed by atoms with E-state index in [0.29, 0.717) is 5.56 Å². The van der Waals surface area contributed by atoms with Gasteiger partial charge >= 0.3 is 7.12 Å². The Morgan fingerprint density at radius 2 is 1.71 bits per heavy atom. The van der Waals surface area contributed by atoms with Gasteiger partial charge in [-0.25, -0.2) is 0 Å². The minimum Gasteiger partial charge on any atom is -0.508 e. The Kier molecular flexibility index (Phi) is 4.65. The fourth-order valence-electron chi connectivity index (χ4n) is 2.13. The molecule has 0 spiro atoms. The molecule has 6 heteroatoms. The van der Waals surface area contributed by atoms with Crippen molar-refractivity contribution < 1.29 is 14.4 Å². The van der Waals surface area contributed by atoms with Crippen molar-refractivity contribution in [1.82, 2.24) is 0 Å². The molecule has 1 heterocycles. The molecule has 1 aromatic carbocycles. The van der Waals surface area contributed by atoms with E-state index in [1.54, 1.807) is 0 Å². The second-order valence-corrected chi connectivity index (χ2v) is 9.24. The summed E-state index contributed by atoms with van der Waals surface area (Å²) in [5.41, 5.74) is 1.72. The quantitative estimate of drug-likeness (QED) is 0.452. The predicted molar refractivity (Wildman–Crippen MR) is 94.4 cm³/mol. The van der Waals surface area contributed by atoms with Gasteiger partial charge in [-0.05, 0) is 38.7 Å². The third kappa shape index (κ3) is 3.23. The molecule has 1 fully saturated rings. The summed E-state index contributed by atoms with van der Waals surface area (Å²) in [6.07, 6.45) is 0. The Morgan fingerprint density at radius 1 is 1.19 bits per heavy atom. The molecule has 1 aromatic rings. The van der Waals surface area contributed by atoms with Gasteiger partial charge in [-0.3, -0.25) is 0 Å². The molecule has 0 aliphatic carbocycles. The lowest BCUT2D eigenvalue weighted by Gasteiger charge is -2.32. The van der Waals surface area contributed by atoms with Gasteiger partial charge in [-0.2, -0.15) is 0 Å². The summed E-state index contributed by atoms with van der Waals surface area (Å²) in [4.78, 5) is 0. The van der Waals surface area contributed by atoms with Crippen LogP contribution in [0.5, 0.6) is 0 Å². The highest BCUT2D eigenvalue weighted by atomic mass is 79.9. The van der Waals surface area contributed by atoms with Gasteiger partial charge in [0.25, 0.3) is 0 Å². The first-order valence-electron chi connectivity index (χ1n) is 6.71. The number of rotatable bonds is 3. The number of alkyl halides is 2. The van der Waals surface area contributed by atoms with Crippen molar-refractivity contribution in [2.24, 2.45) is 0 Å². The van der Waals surface area contributed by atoms with Gasteiger partial charge in [-0.1, -0.05) is 56.6 Å². The molecule has 21 heavy (non-hydrogen) atoms. The van der Waals surface area contributed by atoms with Crippen LogP contribution in [-0.2, 0) is 9.31 Å². The average molecular weight is 418 g/mol. The summed E-state index contributed by atoms with van der Waals surface area (Å²) in [5.74, 6) is 0.0278. The SMILES string of the molecule is C=C(O)c1ccc(C(Br)Br)c(B2OC(C)(C)C(C)(C)O2)c1. The lowest BCUT2D eigenvalue weighted by molar-refractivity contribution is 0.00578. The number of hydrogen-bond acceptors (Lipinski definition) is 3. The van der Waals surface area contributed by atoms with E-state index in [1.807, 2.05) is 45.9 Å². The van der Waals surface area contributed by atoms with Crippen LogP contribution in [0.3, 0.4) is 0 Å². The van der Waals surface area contributed by atoms with Crippen LogP contribution in [-0.4, -0.2) is 23.4 Å². The third-order valence-corrected chi connectivity index (χ3v) is 5.15. The summed E-state index contributed by atoms with van der Waals surface area (Å²) in [6, 6.07) is 5.60. The molecule has 0 radical (unpaired) electrons. The van der Waals surface area contributed by atoms with E-state index >= 15 is 0 Å². The maximum Gasteiger partial charge on any atom is 0.495 e. The minimum absolute atomic E-state index is 0.0277. The third-order valence-electron chi connectivity index (χ3n) is 4.16. The number of aliphatic hydroxyl groups excluding tert-OH is 1. The Labute approximate surface area is 143 Å². The van der Waals surface area contributed by atoms with E-state index in [-0.39, 0.29) is 9.50 Å². The summed E-state index contributed by atoms with van der Waals surface area (Å²) in [6.45, 7) is 11.6. The molecule has 2 rings (SSSR count). The normalized spacial score (nSPS) is 20.0. The van der Waals surface area contributed by atoms with Crippen molar-refractivity contribution in [3.8, 4) is 0 Å². The Bertz CT molecular complexity index is 554. The van der Waals surface area contributed by atoms with Crippen molar-refractivity contribution >= 4 is 50.2 Å². The number of benzene rings is 1. The van der Waals surface area contributed by atoms with Gasteiger partial charge in [0.05, 0.1) is 14.9 Å². The van der Waals surface area contributed by atoms with Gasteiger partial charge in [-0.15, -0.1) is 0 Å². The zero-order valence-electron chi connectivity index (χ0n) is 12.6. The fraction of sp³-hybridized carbons (Fsp3) is 0.467. The summed E-state index contributed by atoms with van der Waals surface area (Å²) in [7, 11) is -0.484. The highest BCUT2D eigenvalue weighted by molar-refractivity contribution is 9.24. The van der Waals surface area contributed by atoms with E-state index < -0.39 is 18.3 Å². The lowest BCUT2D eigenvalue weighted by Crippen LogP contribution is -2.41. The largest absolute Gasteiger partial charge is 0.508 e. The van der Waals surface area contributed by atoms with Gasteiger partial charge in [0.15, 0.2) is 0 Å². The lowest BCUT2D eigenvalue weighted by atomic mass is 9.75. The van der Waals surface area contributed by atoms with Crippen LogP contribution in [0.15, 0.2) is 24.8 Å². The van der Waals surface area contributed by atoms with Crippen LogP contribution in [0.25, 0.3) is 5.76 Å². The second kappa shape index (κ2) is 5.72. The van der Waals surface area contributed by atoms with Crippen LogP contribution in [0.1, 0.15) is 42.6 Å². The van der Waals surface area contributed by atoms with Crippen LogP contribution < -0.4 is 5.46 Å². The van der Waals surface area contributed by atoms with Gasteiger partial charge in [0.1, 0.15) is 5.76 Å². The smallest absolute Gasteiger partial charge is 0.495 e. The maximum absolute atomic E-state index is 9.63. The Morgan fingerprint density at radius 3 is 2.14 bits per heavy atom. The minimum atomic E-state index is -0.484. The zero-order valence-corrected chi connectivity index (χ0v) is 15.8. The molecule has 0 unspecified atom stereocenters. The summed E-state index contributed by atoms with van der Waals surface area (Å²) in [5, 5.41) is 9.63. The summed E-state index contributed by atoms with van der Waals surface area (Å²) < 4.78 is 12.2. The molecule has 1 aliphatic rings. The van der Waals surface area contributed by atoms with Gasteiger partial charge in [0.2, 0.25) is 0 Å². The van der Waals surface area contributed by atoms with E-state index in [9.17, 15) is 5.11 Å². The zero-order chi connectivity index (χ0) is 16.0. The maximum atomic E-state index is 9.63. The predicted octanol–water partition coefficient (Wildman–Crippen LogP) is 4.30. The molecule has 0 atom stereocenters. The molecular weight excluding hydrogens is 399 g/mol. The highest BCUT2D eigenvalue weighted by Crippen LogP contribution is 2.38. The molecule has 1 saturated heterocycles. The molecule has 0 saturated carbocycles. The highest BCUT2D eigenvalue weighted by Gasteiger charge is 2.52. The molecule has 1 aliphatic heterocycles. The molecule has 114 valence electrons. The molecular formula is C15H19BBr2O3. The second-order valence-electron chi connectivity index (χ2n) is 6.18. The number of halogens is 2. The fourth-order valence-corrected chi connectivity index (χ4v) is 2.96. The van der Waals surface area contributed by atoms with E-state index in [2.05, 4.69) is 38.4 Å². The van der Waals surface area contributed by atoms with Gasteiger partial charge < -0.3 is 14.4 Å². The number of aliphatic hydroxyl groups is 1. The van der Waals surface area contributed by atoms with Crippen LogP contribution in [0.2, 0.25) is 0 Å². The first-order valence-corrected chi connectivity index (χ1v) is 8.54. The first kappa shape index (κ1) is 17.1. The van der Waals surface area contributed by atoms with Crippen molar-refractivity contribution in [3.05, 3.63) is 35.9 Å². The molecule has 0 aromatic heterocycles. The average Bonchev–Trinajstić information content (AvgIpc) is 2.57. The monoisotopic (exact) mass is 416 g/mol. The van der Waals surface area contributed by atoms with Crippen molar-refractivity contribution in [2.75, 3.05) is 0 Å². The van der Waals surface area contributed by atoms with E-state index in [1.165, 1.54) is 0 Å². The van der Waals surface area contributed by atoms with Crippen molar-refractivity contribution in [2.45, 2.75) is 42.6 Å². The standard InChI is InChI=1S/C15H19BBr2O3/c1-9(19)10-6-7-11(13(17)18)12(8-10)16-20-14(2,3)15(4,5)21-16/h6-8,13,19H,1H2,2-5H3. The number of hydrogen-bond donors (Lipinski definition) is 1. The van der Waals surface area contributed by atoms with Crippen LogP contribution >= 0.6 is 31.9 Å². The Hall–Kier alpha value is -0.295. The van der Waals surface area contributed by atoms with Crippen molar-refractivity contribution in [3.63, 3.8) is 0 Å². The summed E-state index contributed by atoms with van der Waals surface area (Å²) >= 11 is 7.04. The van der Waals surface area contributed by atoms with Crippen molar-refractivity contribution in [1.29, 1.82) is 0 Å². The molecule has 3 nitrogen and oxygen atoms in total. The molecule has 1 N–H and O–H groups in total. The molecule has 0 bridgehead atoms. The first-order chi connectivity index (χ1) is 9.55. The van der Waals surface area contributed by atoms with E-state index in [4.69, 9.17) is 9.31 Å². The van der Waals surface area contributed by atoms with Crippen LogP contribution in [0.4, 0.5) is 0 Å². The van der Waals surface area contributed by atoms with E-state index in [0.717, 1.165) is 11.0 Å². The van der Waals surface area contributed by atoms with Crippen LogP contribution in [0, 0.1) is 0 Å². The van der Waals surface area contributed by atoms with Gasteiger partial charge in [0, 0.05) is 5.56 Å².